The molecule has 0 bridgehead atoms. The van der Waals surface area contributed by atoms with Crippen molar-refractivity contribution in [3.05, 3.63) is 70.1 Å². The first-order chi connectivity index (χ1) is 14.0. The number of carbonyl (C=O) groups is 1. The van der Waals surface area contributed by atoms with Crippen LogP contribution in [-0.4, -0.2) is 20.3 Å². The highest BCUT2D eigenvalue weighted by Gasteiger charge is 2.16. The average Bonchev–Trinajstić information content (AvgIpc) is 2.98. The van der Waals surface area contributed by atoms with Crippen LogP contribution >= 0.6 is 0 Å². The summed E-state index contributed by atoms with van der Waals surface area (Å²) in [5.41, 5.74) is 4.23. The Bertz CT molecular complexity index is 1260. The highest BCUT2D eigenvalue weighted by atomic mass is 16.2. The summed E-state index contributed by atoms with van der Waals surface area (Å²) in [6.45, 7) is 6.65. The number of amides is 1. The van der Waals surface area contributed by atoms with E-state index in [-0.39, 0.29) is 18.0 Å². The largest absolute Gasteiger partial charge is 0.336 e. The second kappa shape index (κ2) is 7.54. The zero-order chi connectivity index (χ0) is 20.5. The quantitative estimate of drug-likeness (QED) is 0.561. The van der Waals surface area contributed by atoms with Crippen molar-refractivity contribution >= 4 is 33.4 Å². The Hall–Kier alpha value is -3.41. The molecule has 0 spiro atoms. The highest BCUT2D eigenvalue weighted by Crippen LogP contribution is 2.26. The minimum absolute atomic E-state index is 0.130. The molecule has 6 nitrogen and oxygen atoms in total. The van der Waals surface area contributed by atoms with E-state index in [9.17, 15) is 9.59 Å². The molecule has 148 valence electrons. The SMILES string of the molecule is CCCn1c2ccccc2c2cnn(CC(=O)Nc3cc(C)cc(C)c3)c(=O)c21. The van der Waals surface area contributed by atoms with Crippen molar-refractivity contribution < 1.29 is 4.79 Å². The normalized spacial score (nSPS) is 11.3. The zero-order valence-electron chi connectivity index (χ0n) is 16.9. The first-order valence-electron chi connectivity index (χ1n) is 9.83. The lowest BCUT2D eigenvalue weighted by Crippen LogP contribution is -2.30. The molecular formula is C23H24N4O2. The molecule has 0 radical (unpaired) electrons. The minimum Gasteiger partial charge on any atom is -0.336 e. The van der Waals surface area contributed by atoms with Crippen LogP contribution < -0.4 is 10.9 Å². The van der Waals surface area contributed by atoms with E-state index in [1.165, 1.54) is 4.68 Å². The van der Waals surface area contributed by atoms with Crippen molar-refractivity contribution in [2.75, 3.05) is 5.32 Å². The number of aromatic nitrogens is 3. The van der Waals surface area contributed by atoms with Gasteiger partial charge in [-0.1, -0.05) is 31.2 Å². The van der Waals surface area contributed by atoms with Crippen LogP contribution in [0.4, 0.5) is 5.69 Å². The predicted octanol–water partition coefficient (Wildman–Crippen LogP) is 4.02. The van der Waals surface area contributed by atoms with E-state index in [0.717, 1.165) is 46.1 Å². The van der Waals surface area contributed by atoms with Crippen LogP contribution in [0.25, 0.3) is 21.8 Å². The number of benzene rings is 2. The lowest BCUT2D eigenvalue weighted by molar-refractivity contribution is -0.117. The molecule has 2 heterocycles. The first-order valence-corrected chi connectivity index (χ1v) is 9.83. The second-order valence-electron chi connectivity index (χ2n) is 7.46. The molecule has 4 rings (SSSR count). The zero-order valence-corrected chi connectivity index (χ0v) is 16.9. The van der Waals surface area contributed by atoms with Gasteiger partial charge < -0.3 is 9.88 Å². The number of fused-ring (bicyclic) bond motifs is 3. The molecule has 2 aromatic carbocycles. The predicted molar refractivity (Wildman–Crippen MR) is 116 cm³/mol. The maximum atomic E-state index is 13.2. The molecule has 1 N–H and O–H groups in total. The third-order valence-corrected chi connectivity index (χ3v) is 5.02. The van der Waals surface area contributed by atoms with Gasteiger partial charge in [0.25, 0.3) is 5.56 Å². The van der Waals surface area contributed by atoms with Crippen molar-refractivity contribution in [1.82, 2.24) is 14.3 Å². The summed E-state index contributed by atoms with van der Waals surface area (Å²) in [6, 6.07) is 13.8. The smallest absolute Gasteiger partial charge is 0.291 e. The average molecular weight is 388 g/mol. The van der Waals surface area contributed by atoms with E-state index < -0.39 is 0 Å². The topological polar surface area (TPSA) is 68.9 Å². The Morgan fingerprint density at radius 2 is 1.79 bits per heavy atom. The van der Waals surface area contributed by atoms with Gasteiger partial charge in [0.05, 0.1) is 6.20 Å². The number of aryl methyl sites for hydroxylation is 3. The van der Waals surface area contributed by atoms with Crippen LogP contribution in [0.15, 0.2) is 53.5 Å². The van der Waals surface area contributed by atoms with Gasteiger partial charge in [-0.15, -0.1) is 0 Å². The van der Waals surface area contributed by atoms with E-state index in [1.807, 2.05) is 60.9 Å². The van der Waals surface area contributed by atoms with E-state index in [1.54, 1.807) is 6.20 Å². The molecule has 2 aromatic heterocycles. The number of nitrogens with zero attached hydrogens (tertiary/aromatic N) is 3. The van der Waals surface area contributed by atoms with Crippen molar-refractivity contribution in [2.45, 2.75) is 40.3 Å². The first kappa shape index (κ1) is 18.9. The van der Waals surface area contributed by atoms with Gasteiger partial charge >= 0.3 is 0 Å². The number of nitrogens with one attached hydrogen (secondary N) is 1. The van der Waals surface area contributed by atoms with Crippen LogP contribution in [0.2, 0.25) is 0 Å². The van der Waals surface area contributed by atoms with E-state index in [2.05, 4.69) is 17.3 Å². The fraction of sp³-hybridized carbons (Fsp3) is 0.261. The van der Waals surface area contributed by atoms with Gasteiger partial charge in [-0.3, -0.25) is 9.59 Å². The van der Waals surface area contributed by atoms with Gasteiger partial charge in [-0.25, -0.2) is 4.68 Å². The molecule has 4 aromatic rings. The lowest BCUT2D eigenvalue weighted by Gasteiger charge is -2.09. The summed E-state index contributed by atoms with van der Waals surface area (Å²) in [4.78, 5) is 25.7. The molecule has 0 aliphatic carbocycles. The number of hydrogen-bond acceptors (Lipinski definition) is 3. The molecule has 0 atom stereocenters. The fourth-order valence-electron chi connectivity index (χ4n) is 3.95. The van der Waals surface area contributed by atoms with Gasteiger partial charge in [0.1, 0.15) is 12.1 Å². The van der Waals surface area contributed by atoms with Crippen LogP contribution in [0.1, 0.15) is 24.5 Å². The van der Waals surface area contributed by atoms with Gasteiger partial charge in [0, 0.05) is 28.5 Å². The van der Waals surface area contributed by atoms with E-state index >= 15 is 0 Å². The Labute approximate surface area is 168 Å². The van der Waals surface area contributed by atoms with Gasteiger partial charge in [-0.2, -0.15) is 5.10 Å². The molecule has 0 aliphatic rings. The van der Waals surface area contributed by atoms with Crippen LogP contribution in [0, 0.1) is 13.8 Å². The third kappa shape index (κ3) is 3.53. The standard InChI is InChI=1S/C23H24N4O2/c1-4-9-26-20-8-6-5-7-18(20)19-13-24-27(23(29)22(19)26)14-21(28)25-17-11-15(2)10-16(3)12-17/h5-8,10-13H,4,9,14H2,1-3H3,(H,25,28). The Morgan fingerprint density at radius 1 is 1.07 bits per heavy atom. The van der Waals surface area contributed by atoms with Gasteiger partial charge in [0.15, 0.2) is 0 Å². The van der Waals surface area contributed by atoms with Crippen molar-refractivity contribution in [1.29, 1.82) is 0 Å². The van der Waals surface area contributed by atoms with E-state index in [0.29, 0.717) is 5.52 Å². The second-order valence-corrected chi connectivity index (χ2v) is 7.46. The molecular weight excluding hydrogens is 364 g/mol. The van der Waals surface area contributed by atoms with Crippen molar-refractivity contribution in [3.63, 3.8) is 0 Å². The molecule has 0 saturated heterocycles. The van der Waals surface area contributed by atoms with Crippen molar-refractivity contribution in [2.24, 2.45) is 0 Å². The molecule has 0 unspecified atom stereocenters. The summed E-state index contributed by atoms with van der Waals surface area (Å²) in [7, 11) is 0. The minimum atomic E-state index is -0.276. The monoisotopic (exact) mass is 388 g/mol. The molecule has 0 saturated carbocycles. The van der Waals surface area contributed by atoms with Crippen molar-refractivity contribution in [3.8, 4) is 0 Å². The highest BCUT2D eigenvalue weighted by molar-refractivity contribution is 6.07. The molecule has 29 heavy (non-hydrogen) atoms. The third-order valence-electron chi connectivity index (χ3n) is 5.02. The molecule has 0 fully saturated rings. The number of carbonyl (C=O) groups excluding carboxylic acids is 1. The van der Waals surface area contributed by atoms with Gasteiger partial charge in [-0.05, 0) is 49.6 Å². The number of anilines is 1. The summed E-state index contributed by atoms with van der Waals surface area (Å²) < 4.78 is 3.28. The van der Waals surface area contributed by atoms with E-state index in [4.69, 9.17) is 0 Å². The molecule has 0 aliphatic heterocycles. The Balaban J connectivity index is 1.72. The maximum Gasteiger partial charge on any atom is 0.291 e. The van der Waals surface area contributed by atoms with Gasteiger partial charge in [0.2, 0.25) is 5.91 Å². The summed E-state index contributed by atoms with van der Waals surface area (Å²) in [6.07, 6.45) is 2.60. The number of para-hydroxylation sites is 1. The van der Waals surface area contributed by atoms with Crippen LogP contribution in [0.5, 0.6) is 0 Å². The summed E-state index contributed by atoms with van der Waals surface area (Å²) in [5, 5.41) is 8.98. The molecule has 1 amide bonds. The fourth-order valence-corrected chi connectivity index (χ4v) is 3.95. The number of rotatable bonds is 5. The summed E-state index contributed by atoms with van der Waals surface area (Å²) >= 11 is 0. The van der Waals surface area contributed by atoms with Crippen LogP contribution in [-0.2, 0) is 17.9 Å². The maximum absolute atomic E-state index is 13.2. The Kier molecular flexibility index (Phi) is 4.92. The lowest BCUT2D eigenvalue weighted by atomic mass is 10.1. The molecule has 6 heteroatoms. The Morgan fingerprint density at radius 3 is 2.52 bits per heavy atom. The number of hydrogen-bond donors (Lipinski definition) is 1. The van der Waals surface area contributed by atoms with Crippen LogP contribution in [0.3, 0.4) is 0 Å². The summed E-state index contributed by atoms with van der Waals surface area (Å²) in [5.74, 6) is -0.276.